The van der Waals surface area contributed by atoms with Gasteiger partial charge in [0.15, 0.2) is 0 Å². The molecule has 1 atom stereocenters. The molecule has 0 N–H and O–H groups in total. The van der Waals surface area contributed by atoms with Gasteiger partial charge >= 0.3 is 0 Å². The smallest absolute Gasteiger partial charge is 0.120 e. The Bertz CT molecular complexity index is 380. The van der Waals surface area contributed by atoms with E-state index in [0.717, 1.165) is 12.2 Å². The minimum atomic E-state index is 0.186. The summed E-state index contributed by atoms with van der Waals surface area (Å²) in [5.41, 5.74) is 1.55. The third-order valence-corrected chi connectivity index (χ3v) is 3.56. The number of alkyl halides is 1. The Morgan fingerprint density at radius 1 is 1.41 bits per heavy atom. The lowest BCUT2D eigenvalue weighted by atomic mass is 9.81. The van der Waals surface area contributed by atoms with Crippen LogP contribution in [0.1, 0.15) is 45.6 Å². The van der Waals surface area contributed by atoms with Gasteiger partial charge in [-0.3, -0.25) is 0 Å². The largest absolute Gasteiger partial charge is 0.490 e. The molecule has 1 aliphatic rings. The predicted molar refractivity (Wildman–Crippen MR) is 76.1 cm³/mol. The first kappa shape index (κ1) is 12.9. The summed E-state index contributed by atoms with van der Waals surface area (Å²) >= 11 is 3.65. The van der Waals surface area contributed by atoms with Crippen molar-refractivity contribution in [3.8, 4) is 5.75 Å². The molecule has 0 bridgehead atoms. The standard InChI is InChI=1S/C15H21BrO/c1-11(16)10-15(2,3)12-5-4-6-14(9-12)17-13-7-8-13/h4-6,9,11,13H,7-8,10H2,1-3H3. The monoisotopic (exact) mass is 296 g/mol. The molecular weight excluding hydrogens is 276 g/mol. The number of hydrogen-bond donors (Lipinski definition) is 0. The molecule has 0 aliphatic heterocycles. The Hall–Kier alpha value is -0.500. The lowest BCUT2D eigenvalue weighted by Gasteiger charge is -2.27. The molecule has 0 heterocycles. The van der Waals surface area contributed by atoms with E-state index in [1.165, 1.54) is 18.4 Å². The van der Waals surface area contributed by atoms with Gasteiger partial charge in [0, 0.05) is 4.83 Å². The van der Waals surface area contributed by atoms with Crippen LogP contribution in [0.5, 0.6) is 5.75 Å². The summed E-state index contributed by atoms with van der Waals surface area (Å²) in [6.45, 7) is 6.79. The van der Waals surface area contributed by atoms with Crippen LogP contribution >= 0.6 is 15.9 Å². The first-order valence-electron chi connectivity index (χ1n) is 6.39. The lowest BCUT2D eigenvalue weighted by Crippen LogP contribution is -2.20. The van der Waals surface area contributed by atoms with Crippen LogP contribution in [0.15, 0.2) is 24.3 Å². The maximum atomic E-state index is 5.85. The van der Waals surface area contributed by atoms with Gasteiger partial charge in [0.1, 0.15) is 5.75 Å². The Morgan fingerprint density at radius 3 is 2.71 bits per heavy atom. The number of hydrogen-bond acceptors (Lipinski definition) is 1. The summed E-state index contributed by atoms with van der Waals surface area (Å²) in [5, 5.41) is 0. The molecule has 1 saturated carbocycles. The zero-order valence-corrected chi connectivity index (χ0v) is 12.5. The van der Waals surface area contributed by atoms with E-state index >= 15 is 0 Å². The van der Waals surface area contributed by atoms with Crippen molar-refractivity contribution in [2.75, 3.05) is 0 Å². The van der Waals surface area contributed by atoms with Crippen LogP contribution in [0.4, 0.5) is 0 Å². The fourth-order valence-corrected chi connectivity index (χ4v) is 3.00. The van der Waals surface area contributed by atoms with E-state index in [4.69, 9.17) is 4.74 Å². The molecule has 0 aromatic heterocycles. The van der Waals surface area contributed by atoms with Gasteiger partial charge in [0.05, 0.1) is 6.10 Å². The van der Waals surface area contributed by atoms with Gasteiger partial charge in [0.25, 0.3) is 0 Å². The molecule has 1 aliphatic carbocycles. The number of ether oxygens (including phenoxy) is 1. The lowest BCUT2D eigenvalue weighted by molar-refractivity contribution is 0.302. The quantitative estimate of drug-likeness (QED) is 0.717. The van der Waals surface area contributed by atoms with E-state index < -0.39 is 0 Å². The highest BCUT2D eigenvalue weighted by atomic mass is 79.9. The molecule has 0 saturated heterocycles. The molecule has 94 valence electrons. The third-order valence-electron chi connectivity index (χ3n) is 3.23. The minimum Gasteiger partial charge on any atom is -0.490 e. The molecular formula is C15H21BrO. The van der Waals surface area contributed by atoms with E-state index in [2.05, 4.69) is 61.0 Å². The average Bonchev–Trinajstić information content (AvgIpc) is 3.00. The van der Waals surface area contributed by atoms with Crippen LogP contribution in [0.25, 0.3) is 0 Å². The molecule has 17 heavy (non-hydrogen) atoms. The Balaban J connectivity index is 2.13. The number of benzene rings is 1. The molecule has 1 aromatic carbocycles. The van der Waals surface area contributed by atoms with Crippen LogP contribution in [0.3, 0.4) is 0 Å². The highest BCUT2D eigenvalue weighted by molar-refractivity contribution is 9.09. The van der Waals surface area contributed by atoms with Crippen molar-refractivity contribution in [2.45, 2.75) is 56.4 Å². The third kappa shape index (κ3) is 3.74. The Morgan fingerprint density at radius 2 is 2.12 bits per heavy atom. The van der Waals surface area contributed by atoms with E-state index in [0.29, 0.717) is 10.9 Å². The summed E-state index contributed by atoms with van der Waals surface area (Å²) in [6.07, 6.45) is 4.03. The van der Waals surface area contributed by atoms with E-state index in [1.807, 2.05) is 0 Å². The topological polar surface area (TPSA) is 9.23 Å². The zero-order valence-electron chi connectivity index (χ0n) is 10.9. The molecule has 1 unspecified atom stereocenters. The fourth-order valence-electron chi connectivity index (χ4n) is 2.19. The molecule has 1 fully saturated rings. The average molecular weight is 297 g/mol. The Kier molecular flexibility index (Phi) is 3.82. The SMILES string of the molecule is CC(Br)CC(C)(C)c1cccc(OC2CC2)c1. The highest BCUT2D eigenvalue weighted by Gasteiger charge is 2.25. The second-order valence-corrected chi connectivity index (χ2v) is 7.28. The number of halogens is 1. The van der Waals surface area contributed by atoms with Crippen molar-refractivity contribution in [1.29, 1.82) is 0 Å². The van der Waals surface area contributed by atoms with Crippen molar-refractivity contribution in [3.05, 3.63) is 29.8 Å². The van der Waals surface area contributed by atoms with E-state index in [-0.39, 0.29) is 5.41 Å². The van der Waals surface area contributed by atoms with Gasteiger partial charge in [-0.2, -0.15) is 0 Å². The van der Waals surface area contributed by atoms with E-state index in [9.17, 15) is 0 Å². The van der Waals surface area contributed by atoms with E-state index in [1.54, 1.807) is 0 Å². The zero-order chi connectivity index (χ0) is 12.5. The van der Waals surface area contributed by atoms with Crippen LogP contribution in [0, 0.1) is 0 Å². The van der Waals surface area contributed by atoms with Crippen LogP contribution in [0.2, 0.25) is 0 Å². The van der Waals surface area contributed by atoms with Gasteiger partial charge < -0.3 is 4.74 Å². The summed E-state index contributed by atoms with van der Waals surface area (Å²) in [7, 11) is 0. The second-order valence-electron chi connectivity index (χ2n) is 5.71. The van der Waals surface area contributed by atoms with Gasteiger partial charge in [0.2, 0.25) is 0 Å². The predicted octanol–water partition coefficient (Wildman–Crippen LogP) is 4.68. The van der Waals surface area contributed by atoms with Crippen molar-refractivity contribution in [2.24, 2.45) is 0 Å². The summed E-state index contributed by atoms with van der Waals surface area (Å²) < 4.78 is 5.85. The molecule has 0 spiro atoms. The van der Waals surface area contributed by atoms with Crippen LogP contribution < -0.4 is 4.74 Å². The van der Waals surface area contributed by atoms with Gasteiger partial charge in [-0.05, 0) is 42.4 Å². The maximum absolute atomic E-state index is 5.85. The Labute approximate surface area is 113 Å². The summed E-state index contributed by atoms with van der Waals surface area (Å²) in [5.74, 6) is 1.03. The molecule has 1 aromatic rings. The minimum absolute atomic E-state index is 0.186. The molecule has 2 heteroatoms. The number of rotatable bonds is 5. The summed E-state index contributed by atoms with van der Waals surface area (Å²) in [4.78, 5) is 0.533. The highest BCUT2D eigenvalue weighted by Crippen LogP contribution is 2.34. The molecule has 0 radical (unpaired) electrons. The van der Waals surface area contributed by atoms with Crippen molar-refractivity contribution >= 4 is 15.9 Å². The normalized spacial score (nSPS) is 17.9. The van der Waals surface area contributed by atoms with Crippen molar-refractivity contribution in [3.63, 3.8) is 0 Å². The van der Waals surface area contributed by atoms with Crippen LogP contribution in [-0.4, -0.2) is 10.9 Å². The first-order chi connectivity index (χ1) is 7.97. The van der Waals surface area contributed by atoms with Gasteiger partial charge in [-0.1, -0.05) is 48.8 Å². The van der Waals surface area contributed by atoms with Crippen molar-refractivity contribution < 1.29 is 4.74 Å². The van der Waals surface area contributed by atoms with Gasteiger partial charge in [-0.15, -0.1) is 0 Å². The molecule has 2 rings (SSSR count). The summed E-state index contributed by atoms with van der Waals surface area (Å²) in [6, 6.07) is 8.58. The molecule has 0 amide bonds. The first-order valence-corrected chi connectivity index (χ1v) is 7.30. The second kappa shape index (κ2) is 5.01. The van der Waals surface area contributed by atoms with Crippen molar-refractivity contribution in [1.82, 2.24) is 0 Å². The molecule has 1 nitrogen and oxygen atoms in total. The van der Waals surface area contributed by atoms with Gasteiger partial charge in [-0.25, -0.2) is 0 Å². The maximum Gasteiger partial charge on any atom is 0.120 e. The fraction of sp³-hybridized carbons (Fsp3) is 0.600. The van der Waals surface area contributed by atoms with Crippen LogP contribution in [-0.2, 0) is 5.41 Å².